The summed E-state index contributed by atoms with van der Waals surface area (Å²) >= 11 is 0. The van der Waals surface area contributed by atoms with Crippen LogP contribution in [-0.2, 0) is 4.79 Å². The molecule has 1 atom stereocenters. The fourth-order valence-electron chi connectivity index (χ4n) is 2.09. The SMILES string of the molecule is N#C[C@@H](C(=O)Nc1ccccn1)C(=O)c1ccc2c(c1)OCO2. The first-order chi connectivity index (χ1) is 11.2. The van der Waals surface area contributed by atoms with Gasteiger partial charge < -0.3 is 14.8 Å². The average Bonchev–Trinajstić information content (AvgIpc) is 3.04. The van der Waals surface area contributed by atoms with E-state index < -0.39 is 17.6 Å². The van der Waals surface area contributed by atoms with Gasteiger partial charge in [0.2, 0.25) is 6.79 Å². The van der Waals surface area contributed by atoms with Crippen molar-refractivity contribution in [3.8, 4) is 17.6 Å². The highest BCUT2D eigenvalue weighted by Gasteiger charge is 2.29. The van der Waals surface area contributed by atoms with Crippen molar-refractivity contribution >= 4 is 17.5 Å². The number of pyridine rings is 1. The van der Waals surface area contributed by atoms with Crippen LogP contribution in [0.15, 0.2) is 42.6 Å². The normalized spacial score (nSPS) is 13.0. The van der Waals surface area contributed by atoms with Crippen molar-refractivity contribution in [2.75, 3.05) is 12.1 Å². The molecule has 1 aromatic heterocycles. The van der Waals surface area contributed by atoms with Gasteiger partial charge in [0, 0.05) is 11.8 Å². The highest BCUT2D eigenvalue weighted by atomic mass is 16.7. The Labute approximate surface area is 131 Å². The fraction of sp³-hybridized carbons (Fsp3) is 0.125. The number of hydrogen-bond acceptors (Lipinski definition) is 6. The van der Waals surface area contributed by atoms with Crippen LogP contribution in [0, 0.1) is 17.2 Å². The molecule has 2 aromatic rings. The van der Waals surface area contributed by atoms with Crippen LogP contribution in [0.2, 0.25) is 0 Å². The number of nitrogens with one attached hydrogen (secondary N) is 1. The van der Waals surface area contributed by atoms with Gasteiger partial charge in [0.1, 0.15) is 5.82 Å². The molecule has 0 bridgehead atoms. The van der Waals surface area contributed by atoms with Crippen molar-refractivity contribution in [1.29, 1.82) is 5.26 Å². The Hall–Kier alpha value is -3.40. The number of rotatable bonds is 4. The zero-order valence-electron chi connectivity index (χ0n) is 11.9. The molecule has 1 amide bonds. The molecule has 3 rings (SSSR count). The van der Waals surface area contributed by atoms with Crippen molar-refractivity contribution in [3.63, 3.8) is 0 Å². The Morgan fingerprint density at radius 2 is 2.04 bits per heavy atom. The number of Topliss-reactive ketones (excluding diaryl/α,β-unsaturated/α-hetero) is 1. The lowest BCUT2D eigenvalue weighted by Gasteiger charge is -2.09. The van der Waals surface area contributed by atoms with E-state index in [9.17, 15) is 14.9 Å². The number of hydrogen-bond donors (Lipinski definition) is 1. The molecule has 1 aromatic carbocycles. The van der Waals surface area contributed by atoms with Crippen molar-refractivity contribution in [2.45, 2.75) is 0 Å². The summed E-state index contributed by atoms with van der Waals surface area (Å²) in [4.78, 5) is 28.5. The molecule has 0 unspecified atom stereocenters. The Morgan fingerprint density at radius 1 is 1.22 bits per heavy atom. The highest BCUT2D eigenvalue weighted by Crippen LogP contribution is 2.33. The molecule has 7 nitrogen and oxygen atoms in total. The molecule has 0 aliphatic carbocycles. The molecule has 2 heterocycles. The molecular formula is C16H11N3O4. The number of ether oxygens (including phenoxy) is 2. The summed E-state index contributed by atoms with van der Waals surface area (Å²) in [5, 5.41) is 11.6. The van der Waals surface area contributed by atoms with Gasteiger partial charge in [0.15, 0.2) is 23.2 Å². The standard InChI is InChI=1S/C16H11N3O4/c17-8-11(16(21)19-14-3-1-2-6-18-14)15(20)10-4-5-12-13(7-10)23-9-22-12/h1-7,11H,9H2,(H,18,19,21)/t11-/m1/s1. The minimum absolute atomic E-state index is 0.0782. The first-order valence-electron chi connectivity index (χ1n) is 6.74. The molecule has 0 saturated carbocycles. The van der Waals surface area contributed by atoms with Gasteiger partial charge in [0.25, 0.3) is 5.91 Å². The summed E-state index contributed by atoms with van der Waals surface area (Å²) in [5.41, 5.74) is 0.206. The van der Waals surface area contributed by atoms with Crippen LogP contribution in [0.1, 0.15) is 10.4 Å². The predicted molar refractivity (Wildman–Crippen MR) is 78.9 cm³/mol. The monoisotopic (exact) mass is 309 g/mol. The number of nitrogens with zero attached hydrogens (tertiary/aromatic N) is 2. The van der Waals surface area contributed by atoms with Gasteiger partial charge in [-0.1, -0.05) is 6.07 Å². The van der Waals surface area contributed by atoms with E-state index in [0.717, 1.165) is 0 Å². The lowest BCUT2D eigenvalue weighted by atomic mass is 9.97. The third kappa shape index (κ3) is 2.96. The molecule has 0 fully saturated rings. The van der Waals surface area contributed by atoms with Gasteiger partial charge in [-0.3, -0.25) is 9.59 Å². The molecule has 1 aliphatic rings. The first kappa shape index (κ1) is 14.5. The number of benzene rings is 1. The number of nitriles is 1. The van der Waals surface area contributed by atoms with Gasteiger partial charge >= 0.3 is 0 Å². The molecule has 1 N–H and O–H groups in total. The van der Waals surface area contributed by atoms with Crippen molar-refractivity contribution < 1.29 is 19.1 Å². The maximum atomic E-state index is 12.4. The van der Waals surface area contributed by atoms with E-state index in [0.29, 0.717) is 11.5 Å². The molecule has 23 heavy (non-hydrogen) atoms. The second-order valence-electron chi connectivity index (χ2n) is 4.70. The van der Waals surface area contributed by atoms with Crippen LogP contribution in [-0.4, -0.2) is 23.5 Å². The molecule has 114 valence electrons. The van der Waals surface area contributed by atoms with Crippen molar-refractivity contribution in [1.82, 2.24) is 4.98 Å². The van der Waals surface area contributed by atoms with Crippen molar-refractivity contribution in [3.05, 3.63) is 48.2 Å². The number of ketones is 1. The maximum Gasteiger partial charge on any atom is 0.250 e. The van der Waals surface area contributed by atoms with E-state index in [-0.39, 0.29) is 18.2 Å². The van der Waals surface area contributed by atoms with Crippen LogP contribution >= 0.6 is 0 Å². The summed E-state index contributed by atoms with van der Waals surface area (Å²) in [6, 6.07) is 11.2. The summed E-state index contributed by atoms with van der Waals surface area (Å²) in [6.45, 7) is 0.0782. The molecule has 0 radical (unpaired) electrons. The van der Waals surface area contributed by atoms with E-state index in [1.165, 1.54) is 18.3 Å². The Morgan fingerprint density at radius 3 is 2.78 bits per heavy atom. The second-order valence-corrected chi connectivity index (χ2v) is 4.70. The van der Waals surface area contributed by atoms with Gasteiger partial charge in [-0.15, -0.1) is 0 Å². The van der Waals surface area contributed by atoms with Crippen LogP contribution < -0.4 is 14.8 Å². The van der Waals surface area contributed by atoms with Crippen LogP contribution in [0.4, 0.5) is 5.82 Å². The Bertz CT molecular complexity index is 799. The minimum atomic E-state index is -1.47. The number of carbonyl (C=O) groups is 2. The number of anilines is 1. The van der Waals surface area contributed by atoms with Crippen molar-refractivity contribution in [2.24, 2.45) is 5.92 Å². The largest absolute Gasteiger partial charge is 0.454 e. The summed E-state index contributed by atoms with van der Waals surface area (Å²) in [7, 11) is 0. The van der Waals surface area contributed by atoms with Crippen LogP contribution in [0.3, 0.4) is 0 Å². The third-order valence-electron chi connectivity index (χ3n) is 3.23. The fourth-order valence-corrected chi connectivity index (χ4v) is 2.09. The molecule has 1 aliphatic heterocycles. The lowest BCUT2D eigenvalue weighted by molar-refractivity contribution is -0.117. The van der Waals surface area contributed by atoms with E-state index in [1.807, 2.05) is 0 Å². The van der Waals surface area contributed by atoms with E-state index >= 15 is 0 Å². The lowest BCUT2D eigenvalue weighted by Crippen LogP contribution is -2.29. The highest BCUT2D eigenvalue weighted by molar-refractivity contribution is 6.15. The zero-order chi connectivity index (χ0) is 16.2. The smallest absolute Gasteiger partial charge is 0.250 e. The van der Waals surface area contributed by atoms with Crippen LogP contribution in [0.25, 0.3) is 0 Å². The van der Waals surface area contributed by atoms with Crippen LogP contribution in [0.5, 0.6) is 11.5 Å². The van der Waals surface area contributed by atoms with E-state index in [1.54, 1.807) is 30.3 Å². The van der Waals surface area contributed by atoms with E-state index in [4.69, 9.17) is 9.47 Å². The minimum Gasteiger partial charge on any atom is -0.454 e. The Balaban J connectivity index is 1.79. The first-order valence-corrected chi connectivity index (χ1v) is 6.74. The number of carbonyl (C=O) groups excluding carboxylic acids is 2. The van der Waals surface area contributed by atoms with Gasteiger partial charge in [-0.2, -0.15) is 5.26 Å². The number of aromatic nitrogens is 1. The number of fused-ring (bicyclic) bond motifs is 1. The zero-order valence-corrected chi connectivity index (χ0v) is 11.9. The molecule has 7 heteroatoms. The predicted octanol–water partition coefficient (Wildman–Crippen LogP) is 1.77. The quantitative estimate of drug-likeness (QED) is 0.682. The topological polar surface area (TPSA) is 101 Å². The molecule has 0 saturated heterocycles. The third-order valence-corrected chi connectivity index (χ3v) is 3.23. The molecular weight excluding hydrogens is 298 g/mol. The summed E-state index contributed by atoms with van der Waals surface area (Å²) in [6.07, 6.45) is 1.50. The van der Waals surface area contributed by atoms with Gasteiger partial charge in [-0.25, -0.2) is 4.98 Å². The summed E-state index contributed by atoms with van der Waals surface area (Å²) in [5.74, 6) is -1.60. The second kappa shape index (κ2) is 6.15. The average molecular weight is 309 g/mol. The Kier molecular flexibility index (Phi) is 3.89. The number of amides is 1. The summed E-state index contributed by atoms with van der Waals surface area (Å²) < 4.78 is 10.4. The maximum absolute atomic E-state index is 12.4. The molecule has 0 spiro atoms. The van der Waals surface area contributed by atoms with Gasteiger partial charge in [0.05, 0.1) is 6.07 Å². The van der Waals surface area contributed by atoms with Gasteiger partial charge in [-0.05, 0) is 30.3 Å². The van der Waals surface area contributed by atoms with E-state index in [2.05, 4.69) is 10.3 Å².